The molecule has 2 unspecified atom stereocenters. The molecule has 0 bridgehead atoms. The number of ether oxygens (including phenoxy) is 1. The zero-order valence-electron chi connectivity index (χ0n) is 17.8. The number of morpholine rings is 1. The third kappa shape index (κ3) is 6.87. The van der Waals surface area contributed by atoms with Gasteiger partial charge in [0.05, 0.1) is 17.9 Å². The number of nitrogens with one attached hydrogen (secondary N) is 2. The molecule has 1 aliphatic heterocycles. The summed E-state index contributed by atoms with van der Waals surface area (Å²) >= 11 is 0. The summed E-state index contributed by atoms with van der Waals surface area (Å²) in [6, 6.07) is 10.4. The third-order valence-corrected chi connectivity index (χ3v) is 5.07. The lowest BCUT2D eigenvalue weighted by molar-refractivity contribution is -0.0679. The molecule has 2 heterocycles. The molecular formula is C22H34N6O. The zero-order valence-corrected chi connectivity index (χ0v) is 17.8. The minimum Gasteiger partial charge on any atom is -0.373 e. The van der Waals surface area contributed by atoms with Crippen molar-refractivity contribution in [1.82, 2.24) is 25.3 Å². The van der Waals surface area contributed by atoms with Crippen molar-refractivity contribution in [3.63, 3.8) is 0 Å². The maximum atomic E-state index is 5.79. The molecule has 7 nitrogen and oxygen atoms in total. The number of nitrogens with zero attached hydrogens (tertiary/aromatic N) is 4. The van der Waals surface area contributed by atoms with Crippen molar-refractivity contribution < 1.29 is 4.74 Å². The van der Waals surface area contributed by atoms with E-state index in [0.717, 1.165) is 57.2 Å². The smallest absolute Gasteiger partial charge is 0.190 e. The predicted molar refractivity (Wildman–Crippen MR) is 118 cm³/mol. The Bertz CT molecular complexity index is 733. The highest BCUT2D eigenvalue weighted by Crippen LogP contribution is 2.10. The van der Waals surface area contributed by atoms with Gasteiger partial charge in [-0.05, 0) is 50.5 Å². The van der Waals surface area contributed by atoms with Crippen LogP contribution in [-0.2, 0) is 11.2 Å². The number of hydrogen-bond acceptors (Lipinski definition) is 4. The van der Waals surface area contributed by atoms with Crippen LogP contribution in [0.15, 0.2) is 47.7 Å². The highest BCUT2D eigenvalue weighted by Gasteiger charge is 2.21. The van der Waals surface area contributed by atoms with Crippen LogP contribution in [0.1, 0.15) is 25.8 Å². The number of aliphatic imine (C=N–C) groups is 1. The van der Waals surface area contributed by atoms with Gasteiger partial charge in [-0.3, -0.25) is 9.89 Å². The number of rotatable bonds is 8. The number of aromatic nitrogens is 2. The van der Waals surface area contributed by atoms with Crippen molar-refractivity contribution in [2.24, 2.45) is 4.99 Å². The van der Waals surface area contributed by atoms with Gasteiger partial charge in [-0.1, -0.05) is 12.1 Å². The van der Waals surface area contributed by atoms with Crippen molar-refractivity contribution >= 4 is 5.96 Å². The number of guanidine groups is 1. The normalized spacial score (nSPS) is 20.6. The lowest BCUT2D eigenvalue weighted by Gasteiger charge is -2.35. The molecule has 3 rings (SSSR count). The Labute approximate surface area is 174 Å². The van der Waals surface area contributed by atoms with Crippen molar-refractivity contribution in [2.75, 3.05) is 39.8 Å². The quantitative estimate of drug-likeness (QED) is 0.405. The molecular weight excluding hydrogens is 364 g/mol. The van der Waals surface area contributed by atoms with Gasteiger partial charge < -0.3 is 15.4 Å². The van der Waals surface area contributed by atoms with Crippen molar-refractivity contribution in [2.45, 2.75) is 38.9 Å². The molecule has 1 aromatic carbocycles. The van der Waals surface area contributed by atoms with Crippen LogP contribution in [0.3, 0.4) is 0 Å². The van der Waals surface area contributed by atoms with Gasteiger partial charge in [-0.15, -0.1) is 0 Å². The van der Waals surface area contributed by atoms with Gasteiger partial charge in [0.2, 0.25) is 0 Å². The fourth-order valence-electron chi connectivity index (χ4n) is 3.76. The largest absolute Gasteiger partial charge is 0.373 e. The molecule has 0 aliphatic carbocycles. The summed E-state index contributed by atoms with van der Waals surface area (Å²) in [5.41, 5.74) is 2.37. The Morgan fingerprint density at radius 3 is 2.52 bits per heavy atom. The van der Waals surface area contributed by atoms with Crippen molar-refractivity contribution in [1.29, 1.82) is 0 Å². The van der Waals surface area contributed by atoms with E-state index in [1.54, 1.807) is 6.20 Å². The standard InChI is InChI=1S/C22H34N6O/c1-18-16-27(17-19(2)29-18)14-4-11-24-22(23-3)25-13-10-20-6-8-21(9-7-20)28-15-5-12-26-28/h5-9,12,15,18-19H,4,10-11,13-14,16-17H2,1-3H3,(H2,23,24,25). The molecule has 0 spiro atoms. The molecule has 2 aromatic rings. The van der Waals surface area contributed by atoms with E-state index in [-0.39, 0.29) is 0 Å². The van der Waals surface area contributed by atoms with Crippen LogP contribution in [0, 0.1) is 0 Å². The van der Waals surface area contributed by atoms with Crippen LogP contribution >= 0.6 is 0 Å². The molecule has 0 amide bonds. The van der Waals surface area contributed by atoms with E-state index in [2.05, 4.69) is 63.7 Å². The molecule has 0 saturated carbocycles. The Morgan fingerprint density at radius 2 is 1.86 bits per heavy atom. The molecule has 1 saturated heterocycles. The van der Waals surface area contributed by atoms with Crippen molar-refractivity contribution in [3.05, 3.63) is 48.3 Å². The first-order valence-corrected chi connectivity index (χ1v) is 10.6. The van der Waals surface area contributed by atoms with Gasteiger partial charge in [0.1, 0.15) is 0 Å². The Kier molecular flexibility index (Phi) is 8.07. The lowest BCUT2D eigenvalue weighted by Crippen LogP contribution is -2.46. The van der Waals surface area contributed by atoms with E-state index in [0.29, 0.717) is 12.2 Å². The molecule has 7 heteroatoms. The van der Waals surface area contributed by atoms with Crippen LogP contribution in [0.5, 0.6) is 0 Å². The fourth-order valence-corrected chi connectivity index (χ4v) is 3.76. The maximum absolute atomic E-state index is 5.79. The lowest BCUT2D eigenvalue weighted by atomic mass is 10.1. The molecule has 29 heavy (non-hydrogen) atoms. The first-order valence-electron chi connectivity index (χ1n) is 10.6. The monoisotopic (exact) mass is 398 g/mol. The van der Waals surface area contributed by atoms with Gasteiger partial charge in [0.15, 0.2) is 5.96 Å². The predicted octanol–water partition coefficient (Wildman–Crippen LogP) is 2.08. The summed E-state index contributed by atoms with van der Waals surface area (Å²) in [5.74, 6) is 0.863. The van der Waals surface area contributed by atoms with E-state index in [1.165, 1.54) is 5.56 Å². The second kappa shape index (κ2) is 11.0. The average Bonchev–Trinajstić information content (AvgIpc) is 3.24. The Morgan fingerprint density at radius 1 is 1.14 bits per heavy atom. The summed E-state index contributed by atoms with van der Waals surface area (Å²) in [5, 5.41) is 11.1. The summed E-state index contributed by atoms with van der Waals surface area (Å²) in [6.45, 7) is 9.20. The molecule has 0 radical (unpaired) electrons. The molecule has 2 atom stereocenters. The Balaban J connectivity index is 1.32. The molecule has 1 fully saturated rings. The van der Waals surface area contributed by atoms with Crippen molar-refractivity contribution in [3.8, 4) is 5.69 Å². The summed E-state index contributed by atoms with van der Waals surface area (Å²) in [6.07, 6.45) is 6.44. The van der Waals surface area contributed by atoms with Gasteiger partial charge in [-0.2, -0.15) is 5.10 Å². The van der Waals surface area contributed by atoms with Gasteiger partial charge in [0.25, 0.3) is 0 Å². The topological polar surface area (TPSA) is 66.7 Å². The molecule has 2 N–H and O–H groups in total. The van der Waals surface area contributed by atoms with E-state index >= 15 is 0 Å². The first kappa shape index (κ1) is 21.3. The highest BCUT2D eigenvalue weighted by molar-refractivity contribution is 5.79. The molecule has 158 valence electrons. The van der Waals surface area contributed by atoms with E-state index in [4.69, 9.17) is 4.74 Å². The van der Waals surface area contributed by atoms with Gasteiger partial charge in [-0.25, -0.2) is 4.68 Å². The second-order valence-electron chi connectivity index (χ2n) is 7.66. The van der Waals surface area contributed by atoms with Crippen LogP contribution in [0.2, 0.25) is 0 Å². The van der Waals surface area contributed by atoms with E-state index in [9.17, 15) is 0 Å². The fraction of sp³-hybridized carbons (Fsp3) is 0.545. The van der Waals surface area contributed by atoms with Crippen LogP contribution in [-0.4, -0.2) is 72.6 Å². The van der Waals surface area contributed by atoms with Crippen LogP contribution < -0.4 is 10.6 Å². The zero-order chi connectivity index (χ0) is 20.5. The SMILES string of the molecule is CN=C(NCCCN1CC(C)OC(C)C1)NCCc1ccc(-n2cccn2)cc1. The van der Waals surface area contributed by atoms with E-state index < -0.39 is 0 Å². The van der Waals surface area contributed by atoms with Gasteiger partial charge >= 0.3 is 0 Å². The Hall–Kier alpha value is -2.38. The molecule has 1 aromatic heterocycles. The highest BCUT2D eigenvalue weighted by atomic mass is 16.5. The second-order valence-corrected chi connectivity index (χ2v) is 7.66. The third-order valence-electron chi connectivity index (χ3n) is 5.07. The number of hydrogen-bond donors (Lipinski definition) is 2. The number of benzene rings is 1. The maximum Gasteiger partial charge on any atom is 0.190 e. The summed E-state index contributed by atoms with van der Waals surface area (Å²) < 4.78 is 7.66. The van der Waals surface area contributed by atoms with E-state index in [1.807, 2.05) is 24.0 Å². The van der Waals surface area contributed by atoms with Crippen LogP contribution in [0.25, 0.3) is 5.69 Å². The average molecular weight is 399 g/mol. The first-order chi connectivity index (χ1) is 14.1. The summed E-state index contributed by atoms with van der Waals surface area (Å²) in [7, 11) is 1.82. The molecule has 1 aliphatic rings. The minimum absolute atomic E-state index is 0.328. The summed E-state index contributed by atoms with van der Waals surface area (Å²) in [4.78, 5) is 6.81. The van der Waals surface area contributed by atoms with Crippen LogP contribution in [0.4, 0.5) is 0 Å². The minimum atomic E-state index is 0.328. The van der Waals surface area contributed by atoms with Gasteiger partial charge in [0, 0.05) is 52.2 Å².